The minimum atomic E-state index is 0.337. The summed E-state index contributed by atoms with van der Waals surface area (Å²) in [6.45, 7) is 6.51. The van der Waals surface area contributed by atoms with E-state index in [4.69, 9.17) is 20.6 Å². The van der Waals surface area contributed by atoms with Crippen molar-refractivity contribution in [3.63, 3.8) is 0 Å². The maximum atomic E-state index is 8.58. The van der Waals surface area contributed by atoms with Crippen LogP contribution < -0.4 is 10.6 Å². The highest BCUT2D eigenvalue weighted by atomic mass is 16.5. The SMILES string of the molecule is CCOc1ccc(/C(=C/CC#N)N(C)N)cc1.C\C=C/C=C\C(=C/C)OC. The second-order valence-electron chi connectivity index (χ2n) is 5.30. The van der Waals surface area contributed by atoms with Crippen LogP contribution in [0.15, 0.2) is 66.5 Å². The maximum absolute atomic E-state index is 8.58. The average molecular weight is 370 g/mol. The van der Waals surface area contributed by atoms with Gasteiger partial charge in [0.05, 0.1) is 31.9 Å². The number of nitrogens with zero attached hydrogens (tertiary/aromatic N) is 2. The Kier molecular flexibility index (Phi) is 13.6. The molecular formula is C22H31N3O2. The second-order valence-corrected chi connectivity index (χ2v) is 5.30. The van der Waals surface area contributed by atoms with Gasteiger partial charge in [-0.15, -0.1) is 0 Å². The third kappa shape index (κ3) is 10.6. The van der Waals surface area contributed by atoms with Crippen LogP contribution in [0.1, 0.15) is 32.8 Å². The molecule has 0 atom stereocenters. The van der Waals surface area contributed by atoms with Gasteiger partial charge in [-0.2, -0.15) is 5.26 Å². The molecule has 2 N–H and O–H groups in total. The lowest BCUT2D eigenvalue weighted by Crippen LogP contribution is -2.24. The standard InChI is InChI=1S/C13H17N3O.C9H14O/c1-3-17-12-8-6-11(7-9-12)13(16(2)15)5-4-10-14;1-4-6-7-8-9(5-2)10-3/h5-9H,3-4,15H2,1-2H3;4-8H,1-3H3/b13-5-;6-4-,8-7-,9-5+. The van der Waals surface area contributed by atoms with Crippen molar-refractivity contribution in [3.8, 4) is 11.8 Å². The molecule has 146 valence electrons. The summed E-state index contributed by atoms with van der Waals surface area (Å²) in [6, 6.07) is 9.71. The van der Waals surface area contributed by atoms with Crippen LogP contribution in [0.5, 0.6) is 5.75 Å². The van der Waals surface area contributed by atoms with Crippen molar-refractivity contribution in [2.45, 2.75) is 27.2 Å². The number of nitrogens with two attached hydrogens (primary N) is 1. The Hall–Kier alpha value is -2.97. The molecule has 0 aliphatic carbocycles. The number of ether oxygens (including phenoxy) is 2. The first-order valence-corrected chi connectivity index (χ1v) is 8.82. The highest BCUT2D eigenvalue weighted by Gasteiger charge is 2.04. The van der Waals surface area contributed by atoms with E-state index in [0.717, 1.165) is 22.8 Å². The Morgan fingerprint density at radius 3 is 2.33 bits per heavy atom. The van der Waals surface area contributed by atoms with Gasteiger partial charge in [0, 0.05) is 7.05 Å². The Morgan fingerprint density at radius 1 is 1.22 bits per heavy atom. The van der Waals surface area contributed by atoms with E-state index in [9.17, 15) is 0 Å². The molecule has 5 nitrogen and oxygen atoms in total. The van der Waals surface area contributed by atoms with E-state index in [1.54, 1.807) is 20.2 Å². The van der Waals surface area contributed by atoms with Crippen LogP contribution in [0.25, 0.3) is 5.70 Å². The Balaban J connectivity index is 0.000000580. The molecule has 1 aromatic rings. The molecule has 0 aromatic heterocycles. The maximum Gasteiger partial charge on any atom is 0.119 e. The molecule has 0 bridgehead atoms. The van der Waals surface area contributed by atoms with Gasteiger partial charge < -0.3 is 14.5 Å². The van der Waals surface area contributed by atoms with Gasteiger partial charge in [-0.3, -0.25) is 0 Å². The van der Waals surface area contributed by atoms with E-state index >= 15 is 0 Å². The molecule has 0 aliphatic heterocycles. The zero-order valence-corrected chi connectivity index (χ0v) is 17.0. The Morgan fingerprint density at radius 2 is 1.89 bits per heavy atom. The first-order valence-electron chi connectivity index (χ1n) is 8.82. The summed E-state index contributed by atoms with van der Waals surface area (Å²) in [7, 11) is 3.41. The molecule has 0 unspecified atom stereocenters. The van der Waals surface area contributed by atoms with Gasteiger partial charge in [0.1, 0.15) is 11.5 Å². The number of hydrazine groups is 1. The summed E-state index contributed by atoms with van der Waals surface area (Å²) in [6.07, 6.45) is 11.8. The predicted octanol–water partition coefficient (Wildman–Crippen LogP) is 4.81. The lowest BCUT2D eigenvalue weighted by atomic mass is 10.1. The summed E-state index contributed by atoms with van der Waals surface area (Å²) < 4.78 is 10.4. The molecule has 0 aliphatic rings. The summed E-state index contributed by atoms with van der Waals surface area (Å²) in [5.41, 5.74) is 1.79. The lowest BCUT2D eigenvalue weighted by molar-refractivity contribution is 0.306. The lowest BCUT2D eigenvalue weighted by Gasteiger charge is -2.17. The molecule has 0 heterocycles. The molecule has 0 radical (unpaired) electrons. The van der Waals surface area contributed by atoms with Crippen molar-refractivity contribution in [1.29, 1.82) is 5.26 Å². The minimum absolute atomic E-state index is 0.337. The summed E-state index contributed by atoms with van der Waals surface area (Å²) in [4.78, 5) is 0. The topological polar surface area (TPSA) is 71.5 Å². The van der Waals surface area contributed by atoms with Crippen molar-refractivity contribution in [1.82, 2.24) is 5.01 Å². The van der Waals surface area contributed by atoms with Gasteiger partial charge in [0.25, 0.3) is 0 Å². The molecule has 1 rings (SSSR count). The molecule has 0 spiro atoms. The van der Waals surface area contributed by atoms with Crippen LogP contribution in [0, 0.1) is 11.3 Å². The zero-order valence-electron chi connectivity index (χ0n) is 17.0. The summed E-state index contributed by atoms with van der Waals surface area (Å²) >= 11 is 0. The number of nitriles is 1. The van der Waals surface area contributed by atoms with Gasteiger partial charge in [0.15, 0.2) is 0 Å². The van der Waals surface area contributed by atoms with Gasteiger partial charge in [0.2, 0.25) is 0 Å². The predicted molar refractivity (Wildman–Crippen MR) is 112 cm³/mol. The zero-order chi connectivity index (χ0) is 20.5. The number of hydrogen-bond donors (Lipinski definition) is 1. The second kappa shape index (κ2) is 15.3. The summed E-state index contributed by atoms with van der Waals surface area (Å²) in [5, 5.41) is 10.1. The van der Waals surface area contributed by atoms with Crippen LogP contribution in [0.2, 0.25) is 0 Å². The third-order valence-corrected chi connectivity index (χ3v) is 3.31. The van der Waals surface area contributed by atoms with Crippen LogP contribution >= 0.6 is 0 Å². The molecule has 0 amide bonds. The first-order chi connectivity index (χ1) is 13.0. The van der Waals surface area contributed by atoms with E-state index in [-0.39, 0.29) is 0 Å². The van der Waals surface area contributed by atoms with Crippen molar-refractivity contribution >= 4 is 5.70 Å². The van der Waals surface area contributed by atoms with E-state index in [0.29, 0.717) is 13.0 Å². The number of allylic oxidation sites excluding steroid dienone is 6. The quantitative estimate of drug-likeness (QED) is 0.308. The van der Waals surface area contributed by atoms with Gasteiger partial charge in [-0.05, 0) is 68.8 Å². The fourth-order valence-corrected chi connectivity index (χ4v) is 2.04. The summed E-state index contributed by atoms with van der Waals surface area (Å²) in [5.74, 6) is 7.45. The van der Waals surface area contributed by atoms with Crippen molar-refractivity contribution in [2.24, 2.45) is 5.84 Å². The molecule has 0 saturated heterocycles. The van der Waals surface area contributed by atoms with Crippen LogP contribution in [0.4, 0.5) is 0 Å². The monoisotopic (exact) mass is 369 g/mol. The van der Waals surface area contributed by atoms with Gasteiger partial charge >= 0.3 is 0 Å². The number of methoxy groups -OCH3 is 1. The minimum Gasteiger partial charge on any atom is -0.497 e. The molecular weight excluding hydrogens is 338 g/mol. The molecule has 5 heteroatoms. The fraction of sp³-hybridized carbons (Fsp3) is 0.318. The van der Waals surface area contributed by atoms with Gasteiger partial charge in [-0.1, -0.05) is 18.2 Å². The van der Waals surface area contributed by atoms with E-state index in [2.05, 4.69) is 6.07 Å². The van der Waals surface area contributed by atoms with Crippen molar-refractivity contribution in [3.05, 3.63) is 72.0 Å². The van der Waals surface area contributed by atoms with E-state index in [1.807, 2.05) is 75.4 Å². The van der Waals surface area contributed by atoms with Crippen molar-refractivity contribution < 1.29 is 9.47 Å². The average Bonchev–Trinajstić information content (AvgIpc) is 2.67. The molecule has 0 saturated carbocycles. The smallest absolute Gasteiger partial charge is 0.119 e. The molecule has 1 aromatic carbocycles. The Labute approximate surface area is 163 Å². The van der Waals surface area contributed by atoms with Crippen molar-refractivity contribution in [2.75, 3.05) is 20.8 Å². The van der Waals surface area contributed by atoms with E-state index < -0.39 is 0 Å². The fourth-order valence-electron chi connectivity index (χ4n) is 2.04. The van der Waals surface area contributed by atoms with Crippen LogP contribution in [-0.4, -0.2) is 25.8 Å². The Bertz CT molecular complexity index is 679. The first kappa shape index (κ1) is 24.0. The molecule has 0 fully saturated rings. The molecule has 27 heavy (non-hydrogen) atoms. The largest absolute Gasteiger partial charge is 0.497 e. The highest BCUT2D eigenvalue weighted by Crippen LogP contribution is 2.20. The van der Waals surface area contributed by atoms with E-state index in [1.165, 1.54) is 5.01 Å². The van der Waals surface area contributed by atoms with Gasteiger partial charge in [-0.25, -0.2) is 5.84 Å². The number of hydrogen-bond acceptors (Lipinski definition) is 5. The highest BCUT2D eigenvalue weighted by molar-refractivity contribution is 5.64. The van der Waals surface area contributed by atoms with Crippen LogP contribution in [-0.2, 0) is 4.74 Å². The van der Waals surface area contributed by atoms with Crippen LogP contribution in [0.3, 0.4) is 0 Å². The number of rotatable bonds is 8. The normalized spacial score (nSPS) is 11.7. The third-order valence-electron chi connectivity index (χ3n) is 3.31. The number of benzene rings is 1.